The molecule has 6 aromatic carbocycles. The molecule has 0 saturated heterocycles. The third-order valence-electron chi connectivity index (χ3n) is 12.7. The smallest absolute Gasteiger partial charge is 0.135 e. The maximum Gasteiger partial charge on any atom is 0.135 e. The van der Waals surface area contributed by atoms with E-state index in [1.54, 1.807) is 0 Å². The number of pyridine rings is 1. The molecule has 0 spiro atoms. The van der Waals surface area contributed by atoms with Gasteiger partial charge in [0.15, 0.2) is 0 Å². The van der Waals surface area contributed by atoms with E-state index in [2.05, 4.69) is 232 Å². The molecule has 4 heterocycles. The van der Waals surface area contributed by atoms with Crippen LogP contribution >= 0.6 is 11.3 Å². The van der Waals surface area contributed by atoms with Crippen LogP contribution in [-0.2, 0) is 42.7 Å². The van der Waals surface area contributed by atoms with E-state index in [0.717, 1.165) is 50.6 Å². The van der Waals surface area contributed by atoms with Gasteiger partial charge in [0.2, 0.25) is 0 Å². The minimum Gasteiger partial charge on any atom is -0.509 e. The molecule has 0 bridgehead atoms. The number of hydrogen-bond donors (Lipinski definition) is 0. The van der Waals surface area contributed by atoms with Gasteiger partial charge in [-0.25, -0.2) is 4.98 Å². The summed E-state index contributed by atoms with van der Waals surface area (Å²) in [6.07, 6.45) is 1.94. The Hall–Kier alpha value is -5.42. The fraction of sp³-hybridized carbons (Fsp3) is 0.276. The van der Waals surface area contributed by atoms with E-state index in [4.69, 9.17) is 9.72 Å². The number of thiophene rings is 1. The Morgan fingerprint density at radius 1 is 0.569 bits per heavy atom. The minimum absolute atomic E-state index is 0. The SMILES string of the molecule is CC(C)(C)c1cc(Oc2[c-]c3c(cc2)c2sc4ccc5ccccc5c4c2n3-c2cc(C(C)(C)C)ccn2)[c-]c(N2[CH-]N(c3cc(C(C)(C)C)cc(C(C)(C)C)c3)c3ccccc32)c1.[Pt]. The van der Waals surface area contributed by atoms with E-state index >= 15 is 0 Å². The second-order valence-electron chi connectivity index (χ2n) is 21.6. The summed E-state index contributed by atoms with van der Waals surface area (Å²) in [5, 5.41) is 4.81. The van der Waals surface area contributed by atoms with Crippen molar-refractivity contribution in [2.24, 2.45) is 0 Å². The van der Waals surface area contributed by atoms with Gasteiger partial charge in [-0.2, -0.15) is 6.07 Å². The van der Waals surface area contributed by atoms with Crippen LogP contribution in [-0.4, -0.2) is 9.55 Å². The average molecular weight is 1050 g/mol. The number of anilines is 4. The number of para-hydroxylation sites is 2. The zero-order valence-electron chi connectivity index (χ0n) is 39.5. The van der Waals surface area contributed by atoms with Crippen molar-refractivity contribution in [3.63, 3.8) is 0 Å². The van der Waals surface area contributed by atoms with Gasteiger partial charge < -0.3 is 19.1 Å². The molecule has 0 atom stereocenters. The van der Waals surface area contributed by atoms with Crippen molar-refractivity contribution in [2.45, 2.75) is 105 Å². The van der Waals surface area contributed by atoms with Crippen molar-refractivity contribution < 1.29 is 25.8 Å². The van der Waals surface area contributed by atoms with Gasteiger partial charge in [-0.1, -0.05) is 143 Å². The molecule has 0 N–H and O–H groups in total. The molecule has 65 heavy (non-hydrogen) atoms. The molecule has 3 aromatic heterocycles. The first-order valence-corrected chi connectivity index (χ1v) is 23.3. The molecule has 7 heteroatoms. The summed E-state index contributed by atoms with van der Waals surface area (Å²) >= 11 is 1.83. The molecule has 9 aromatic rings. The van der Waals surface area contributed by atoms with Crippen LogP contribution in [0.1, 0.15) is 105 Å². The van der Waals surface area contributed by atoms with E-state index in [9.17, 15) is 0 Å². The van der Waals surface area contributed by atoms with Crippen molar-refractivity contribution in [1.29, 1.82) is 0 Å². The Balaban J connectivity index is 0.00000533. The Bertz CT molecular complexity index is 3260. The fourth-order valence-electron chi connectivity index (χ4n) is 8.87. The standard InChI is InChI=1S/C58H57N4OS.Pt/c1-55(2,3)37-25-26-59-51(32-37)62-49-34-43(22-23-46(49)54-53(62)52-45-18-14-13-17-36(45)21-24-50(52)64-54)63-44-31-40(58(10,11)12)30-42(33-44)61-35-60(47-19-15-16-20-48(47)61)41-28-38(56(4,5)6)27-39(29-41)57(7,8)9;/h13-32,35H,1-12H3;/q-3;. The maximum absolute atomic E-state index is 6.93. The Labute approximate surface area is 403 Å². The second kappa shape index (κ2) is 15.9. The second-order valence-corrected chi connectivity index (χ2v) is 22.6. The van der Waals surface area contributed by atoms with E-state index in [0.29, 0.717) is 11.5 Å². The van der Waals surface area contributed by atoms with E-state index < -0.39 is 0 Å². The van der Waals surface area contributed by atoms with Gasteiger partial charge >= 0.3 is 0 Å². The normalized spacial score (nSPS) is 13.6. The summed E-state index contributed by atoms with van der Waals surface area (Å²) in [5.41, 5.74) is 11.1. The molecule has 0 saturated carbocycles. The summed E-state index contributed by atoms with van der Waals surface area (Å²) in [6.45, 7) is 29.5. The zero-order chi connectivity index (χ0) is 45.1. The first-order chi connectivity index (χ1) is 30.2. The van der Waals surface area contributed by atoms with E-state index in [1.165, 1.54) is 42.2 Å². The van der Waals surface area contributed by atoms with Crippen molar-refractivity contribution in [3.8, 4) is 17.3 Å². The molecule has 0 unspecified atom stereocenters. The van der Waals surface area contributed by atoms with Crippen LogP contribution in [0.25, 0.3) is 47.8 Å². The Kier molecular flexibility index (Phi) is 10.9. The molecule has 0 radical (unpaired) electrons. The van der Waals surface area contributed by atoms with E-state index in [-0.39, 0.29) is 42.7 Å². The molecular weight excluding hydrogens is 996 g/mol. The van der Waals surface area contributed by atoms with Crippen LogP contribution < -0.4 is 14.5 Å². The number of ether oxygens (including phenoxy) is 1. The minimum atomic E-state index is -0.163. The molecule has 0 aliphatic carbocycles. The van der Waals surface area contributed by atoms with Gasteiger partial charge in [0.25, 0.3) is 0 Å². The van der Waals surface area contributed by atoms with Gasteiger partial charge in [0.05, 0.1) is 5.52 Å². The topological polar surface area (TPSA) is 33.5 Å². The van der Waals surface area contributed by atoms with Gasteiger partial charge in [-0.05, 0) is 91.6 Å². The summed E-state index contributed by atoms with van der Waals surface area (Å²) in [4.78, 5) is 9.62. The maximum atomic E-state index is 6.93. The van der Waals surface area contributed by atoms with Crippen molar-refractivity contribution >= 4 is 76.1 Å². The predicted octanol–water partition coefficient (Wildman–Crippen LogP) is 16.5. The summed E-state index contributed by atoms with van der Waals surface area (Å²) < 4.78 is 11.7. The molecular formula is C58H57N4OPtS-3. The van der Waals surface area contributed by atoms with Gasteiger partial charge in [-0.3, -0.25) is 0 Å². The monoisotopic (exact) mass is 1050 g/mol. The number of benzene rings is 6. The third-order valence-corrected chi connectivity index (χ3v) is 13.9. The van der Waals surface area contributed by atoms with Gasteiger partial charge in [-0.15, -0.1) is 59.6 Å². The molecule has 0 fully saturated rings. The summed E-state index contributed by atoms with van der Waals surface area (Å²) in [7, 11) is 0. The number of nitrogens with zero attached hydrogens (tertiary/aromatic N) is 4. The summed E-state index contributed by atoms with van der Waals surface area (Å²) in [5.74, 6) is 2.12. The van der Waals surface area contributed by atoms with Crippen LogP contribution in [0.4, 0.5) is 22.7 Å². The van der Waals surface area contributed by atoms with Crippen LogP contribution in [0, 0.1) is 18.8 Å². The molecule has 5 nitrogen and oxygen atoms in total. The van der Waals surface area contributed by atoms with Crippen LogP contribution in [0.2, 0.25) is 0 Å². The molecule has 334 valence electrons. The molecule has 0 amide bonds. The average Bonchev–Trinajstić information content (AvgIpc) is 3.91. The van der Waals surface area contributed by atoms with Gasteiger partial charge in [0.1, 0.15) is 5.82 Å². The largest absolute Gasteiger partial charge is 0.509 e. The number of hydrogen-bond acceptors (Lipinski definition) is 5. The quantitative estimate of drug-likeness (QED) is 0.161. The van der Waals surface area contributed by atoms with Crippen molar-refractivity contribution in [1.82, 2.24) is 9.55 Å². The summed E-state index contributed by atoms with van der Waals surface area (Å²) in [6, 6.07) is 49.4. The van der Waals surface area contributed by atoms with Gasteiger partial charge in [0, 0.05) is 70.6 Å². The van der Waals surface area contributed by atoms with Crippen LogP contribution in [0.15, 0.2) is 121 Å². The van der Waals surface area contributed by atoms with E-state index in [1.807, 2.05) is 17.5 Å². The number of rotatable bonds is 5. The van der Waals surface area contributed by atoms with Crippen molar-refractivity contribution in [2.75, 3.05) is 9.80 Å². The number of fused-ring (bicyclic) bond motifs is 8. The zero-order valence-corrected chi connectivity index (χ0v) is 42.6. The molecule has 10 rings (SSSR count). The van der Waals surface area contributed by atoms with Crippen molar-refractivity contribution in [3.05, 3.63) is 163 Å². The predicted molar refractivity (Wildman–Crippen MR) is 272 cm³/mol. The van der Waals surface area contributed by atoms with Crippen LogP contribution in [0.3, 0.4) is 0 Å². The Morgan fingerprint density at radius 3 is 1.88 bits per heavy atom. The molecule has 1 aliphatic heterocycles. The molecule has 1 aliphatic rings. The van der Waals surface area contributed by atoms with Crippen LogP contribution in [0.5, 0.6) is 11.5 Å². The fourth-order valence-corrected chi connectivity index (χ4v) is 10.1. The third kappa shape index (κ3) is 8.05. The number of aromatic nitrogens is 2. The first kappa shape index (κ1) is 44.8. The Morgan fingerprint density at radius 2 is 1.20 bits per heavy atom. The first-order valence-electron chi connectivity index (χ1n) is 22.4.